The number of halogens is 1. The number of hydrogen-bond donors (Lipinski definition) is 2. The topological polar surface area (TPSA) is 61.4 Å². The highest BCUT2D eigenvalue weighted by molar-refractivity contribution is 5.95. The molecule has 3 aromatic rings. The number of para-hydroxylation sites is 1. The van der Waals surface area contributed by atoms with E-state index in [1.807, 2.05) is 18.2 Å². The lowest BCUT2D eigenvalue weighted by molar-refractivity contribution is -0.138. The summed E-state index contributed by atoms with van der Waals surface area (Å²) in [5, 5.41) is 6.83. The van der Waals surface area contributed by atoms with E-state index in [0.29, 0.717) is 6.54 Å². The number of rotatable bonds is 4. The van der Waals surface area contributed by atoms with E-state index in [1.165, 1.54) is 29.3 Å². The molecule has 2 fully saturated rings. The van der Waals surface area contributed by atoms with Gasteiger partial charge in [0.25, 0.3) is 5.91 Å². The summed E-state index contributed by atoms with van der Waals surface area (Å²) in [7, 11) is 0. The van der Waals surface area contributed by atoms with Crippen molar-refractivity contribution in [2.45, 2.75) is 50.2 Å². The lowest BCUT2D eigenvalue weighted by atomic mass is 9.79. The predicted octanol–water partition coefficient (Wildman–Crippen LogP) is 5.87. The fourth-order valence-corrected chi connectivity index (χ4v) is 6.66. The van der Waals surface area contributed by atoms with Crippen LogP contribution in [0.3, 0.4) is 0 Å². The number of benzene rings is 3. The molecule has 0 bridgehead atoms. The third kappa shape index (κ3) is 4.50. The molecule has 6 rings (SSSR count). The Kier molecular flexibility index (Phi) is 6.41. The molecule has 190 valence electrons. The van der Waals surface area contributed by atoms with Crippen molar-refractivity contribution in [3.63, 3.8) is 0 Å². The molecule has 1 saturated heterocycles. The van der Waals surface area contributed by atoms with Gasteiger partial charge in [-0.25, -0.2) is 4.39 Å². The summed E-state index contributed by atoms with van der Waals surface area (Å²) in [6, 6.07) is 24.4. The molecule has 2 amide bonds. The van der Waals surface area contributed by atoms with E-state index in [9.17, 15) is 14.0 Å². The molecule has 3 aliphatic rings. The Hall–Kier alpha value is -3.67. The minimum atomic E-state index is -0.440. The quantitative estimate of drug-likeness (QED) is 0.474. The molecule has 1 aliphatic carbocycles. The maximum atomic E-state index is 14.2. The SMILES string of the molecule is O=C(N[C@@H]1CCCC[C@@H]1C(=O)N1CC[C@@H]2[C@H](c3ccccc3)Nc3ccccc3[C@@H]21)c1cccc(F)c1. The van der Waals surface area contributed by atoms with Gasteiger partial charge in [-0.3, -0.25) is 9.59 Å². The van der Waals surface area contributed by atoms with Crippen molar-refractivity contribution in [1.29, 1.82) is 0 Å². The van der Waals surface area contributed by atoms with Crippen LogP contribution in [0.5, 0.6) is 0 Å². The molecule has 5 atom stereocenters. The van der Waals surface area contributed by atoms with Gasteiger partial charge in [0.15, 0.2) is 0 Å². The van der Waals surface area contributed by atoms with E-state index in [-0.39, 0.29) is 47.3 Å². The third-order valence-electron chi connectivity index (χ3n) is 8.39. The Morgan fingerprint density at radius 2 is 1.68 bits per heavy atom. The largest absolute Gasteiger partial charge is 0.378 e. The third-order valence-corrected chi connectivity index (χ3v) is 8.39. The van der Waals surface area contributed by atoms with Crippen LogP contribution in [0.2, 0.25) is 0 Å². The molecule has 2 aliphatic heterocycles. The average Bonchev–Trinajstić information content (AvgIpc) is 3.39. The monoisotopic (exact) mass is 497 g/mol. The van der Waals surface area contributed by atoms with Crippen molar-refractivity contribution in [2.75, 3.05) is 11.9 Å². The minimum absolute atomic E-state index is 0.00310. The summed E-state index contributed by atoms with van der Waals surface area (Å²) >= 11 is 0. The van der Waals surface area contributed by atoms with Crippen LogP contribution in [0.1, 0.15) is 65.7 Å². The number of hydrogen-bond acceptors (Lipinski definition) is 3. The van der Waals surface area contributed by atoms with Crippen molar-refractivity contribution in [3.8, 4) is 0 Å². The summed E-state index contributed by atoms with van der Waals surface area (Å²) < 4.78 is 13.7. The normalized spacial score (nSPS) is 26.5. The van der Waals surface area contributed by atoms with Crippen LogP contribution >= 0.6 is 0 Å². The fraction of sp³-hybridized carbons (Fsp3) is 0.355. The van der Waals surface area contributed by atoms with Gasteiger partial charge < -0.3 is 15.5 Å². The molecule has 0 unspecified atom stereocenters. The Labute approximate surface area is 217 Å². The number of nitrogens with zero attached hydrogens (tertiary/aromatic N) is 1. The van der Waals surface area contributed by atoms with E-state index >= 15 is 0 Å². The van der Waals surface area contributed by atoms with E-state index in [2.05, 4.69) is 51.9 Å². The van der Waals surface area contributed by atoms with Crippen molar-refractivity contribution >= 4 is 17.5 Å². The molecule has 0 radical (unpaired) electrons. The van der Waals surface area contributed by atoms with E-state index in [4.69, 9.17) is 0 Å². The number of amides is 2. The molecular weight excluding hydrogens is 465 g/mol. The second-order valence-electron chi connectivity index (χ2n) is 10.5. The van der Waals surface area contributed by atoms with Crippen molar-refractivity contribution in [3.05, 3.63) is 101 Å². The summed E-state index contributed by atoms with van der Waals surface area (Å²) in [4.78, 5) is 29.2. The van der Waals surface area contributed by atoms with Gasteiger partial charge in [-0.05, 0) is 54.7 Å². The van der Waals surface area contributed by atoms with Gasteiger partial charge >= 0.3 is 0 Å². The van der Waals surface area contributed by atoms with Gasteiger partial charge in [0.2, 0.25) is 5.91 Å². The first-order valence-electron chi connectivity index (χ1n) is 13.4. The first kappa shape index (κ1) is 23.7. The van der Waals surface area contributed by atoms with Crippen LogP contribution in [-0.2, 0) is 4.79 Å². The van der Waals surface area contributed by atoms with Gasteiger partial charge in [0.1, 0.15) is 5.82 Å². The molecule has 0 aromatic heterocycles. The number of nitrogens with one attached hydrogen (secondary N) is 2. The van der Waals surface area contributed by atoms with Gasteiger partial charge in [0, 0.05) is 29.8 Å². The zero-order valence-corrected chi connectivity index (χ0v) is 20.8. The molecule has 37 heavy (non-hydrogen) atoms. The van der Waals surface area contributed by atoms with Gasteiger partial charge in [0.05, 0.1) is 18.0 Å². The minimum Gasteiger partial charge on any atom is -0.378 e. The summed E-state index contributed by atoms with van der Waals surface area (Å²) in [5.74, 6) is -0.642. The first-order valence-corrected chi connectivity index (χ1v) is 13.4. The molecule has 1 saturated carbocycles. The smallest absolute Gasteiger partial charge is 0.251 e. The second-order valence-corrected chi connectivity index (χ2v) is 10.5. The molecule has 5 nitrogen and oxygen atoms in total. The number of likely N-dealkylation sites (tertiary alicyclic amines) is 1. The number of fused-ring (bicyclic) bond motifs is 3. The fourth-order valence-electron chi connectivity index (χ4n) is 6.66. The van der Waals surface area contributed by atoms with Crippen molar-refractivity contribution in [1.82, 2.24) is 10.2 Å². The number of carbonyl (C=O) groups excluding carboxylic acids is 2. The molecule has 2 heterocycles. The van der Waals surface area contributed by atoms with Crippen LogP contribution in [0.4, 0.5) is 10.1 Å². The second kappa shape index (κ2) is 10.0. The average molecular weight is 498 g/mol. The van der Waals surface area contributed by atoms with Gasteiger partial charge in [-0.2, -0.15) is 0 Å². The molecule has 6 heteroatoms. The highest BCUT2D eigenvalue weighted by atomic mass is 19.1. The highest BCUT2D eigenvalue weighted by Gasteiger charge is 2.48. The zero-order valence-electron chi connectivity index (χ0n) is 20.8. The van der Waals surface area contributed by atoms with Gasteiger partial charge in [-0.1, -0.05) is 67.4 Å². The Morgan fingerprint density at radius 1 is 0.892 bits per heavy atom. The van der Waals surface area contributed by atoms with Crippen LogP contribution in [0, 0.1) is 17.7 Å². The Bertz CT molecular complexity index is 1300. The maximum absolute atomic E-state index is 14.2. The summed E-state index contributed by atoms with van der Waals surface area (Å²) in [6.07, 6.45) is 4.36. The van der Waals surface area contributed by atoms with Crippen LogP contribution in [0.25, 0.3) is 0 Å². The predicted molar refractivity (Wildman–Crippen MR) is 141 cm³/mol. The molecular formula is C31H32FN3O2. The first-order chi connectivity index (χ1) is 18.1. The Balaban J connectivity index is 1.27. The molecule has 2 N–H and O–H groups in total. The molecule has 0 spiro atoms. The lowest BCUT2D eigenvalue weighted by Crippen LogP contribution is -2.50. The van der Waals surface area contributed by atoms with E-state index < -0.39 is 5.82 Å². The van der Waals surface area contributed by atoms with Crippen molar-refractivity contribution < 1.29 is 14.0 Å². The summed E-state index contributed by atoms with van der Waals surface area (Å²) in [6.45, 7) is 0.703. The standard InChI is InChI=1S/C31H32FN3O2/c32-22-12-8-11-21(19-22)30(36)34-27-16-7-5-14-24(27)31(37)35-18-17-25-28(20-9-2-1-3-10-20)33-26-15-6-4-13-23(26)29(25)35/h1-4,6,8-13,15,19,24-25,27-29,33H,5,7,14,16-18H2,(H,34,36)/t24-,25+,27+,28-,29-/m0/s1. The van der Waals surface area contributed by atoms with Crippen LogP contribution in [-0.4, -0.2) is 29.3 Å². The van der Waals surface area contributed by atoms with E-state index in [0.717, 1.165) is 37.8 Å². The van der Waals surface area contributed by atoms with E-state index in [1.54, 1.807) is 6.07 Å². The number of carbonyl (C=O) groups is 2. The van der Waals surface area contributed by atoms with Crippen molar-refractivity contribution in [2.24, 2.45) is 11.8 Å². The zero-order chi connectivity index (χ0) is 25.4. The number of anilines is 1. The highest BCUT2D eigenvalue weighted by Crippen LogP contribution is 2.51. The maximum Gasteiger partial charge on any atom is 0.251 e. The van der Waals surface area contributed by atoms with Gasteiger partial charge in [-0.15, -0.1) is 0 Å². The molecule has 3 aromatic carbocycles. The Morgan fingerprint density at radius 3 is 2.51 bits per heavy atom. The summed E-state index contributed by atoms with van der Waals surface area (Å²) in [5.41, 5.74) is 3.77. The van der Waals surface area contributed by atoms with Crippen LogP contribution in [0.15, 0.2) is 78.9 Å². The van der Waals surface area contributed by atoms with Crippen LogP contribution < -0.4 is 10.6 Å². The lowest BCUT2D eigenvalue weighted by Gasteiger charge is -2.42.